The Balaban J connectivity index is 0.000000980. The van der Waals surface area contributed by atoms with Gasteiger partial charge in [-0.15, -0.1) is 12.4 Å². The van der Waals surface area contributed by atoms with Crippen LogP contribution < -0.4 is 16.0 Å². The van der Waals surface area contributed by atoms with Crippen molar-refractivity contribution in [3.8, 4) is 0 Å². The molecule has 0 aromatic rings. The number of rotatable bonds is 2. The van der Waals surface area contributed by atoms with Crippen LogP contribution in [0.3, 0.4) is 0 Å². The van der Waals surface area contributed by atoms with Gasteiger partial charge < -0.3 is 16.0 Å². The molecule has 2 heterocycles. The molecule has 5 heteroatoms. The maximum atomic E-state index is 11.5. The normalized spacial score (nSPS) is 31.1. The van der Waals surface area contributed by atoms with Crippen LogP contribution in [-0.4, -0.2) is 37.6 Å². The van der Waals surface area contributed by atoms with Gasteiger partial charge in [-0.2, -0.15) is 0 Å². The molecule has 4 nitrogen and oxygen atoms in total. The maximum Gasteiger partial charge on any atom is 0.237 e. The first kappa shape index (κ1) is 11.8. The van der Waals surface area contributed by atoms with Crippen molar-refractivity contribution in [1.82, 2.24) is 16.0 Å². The molecule has 14 heavy (non-hydrogen) atoms. The monoisotopic (exact) mass is 219 g/mol. The number of hydrogen-bond acceptors (Lipinski definition) is 3. The van der Waals surface area contributed by atoms with E-state index in [1.165, 1.54) is 6.42 Å². The lowest BCUT2D eigenvalue weighted by molar-refractivity contribution is -0.125. The summed E-state index contributed by atoms with van der Waals surface area (Å²) < 4.78 is 0. The van der Waals surface area contributed by atoms with Crippen molar-refractivity contribution in [2.45, 2.75) is 31.3 Å². The van der Waals surface area contributed by atoms with Gasteiger partial charge in [-0.05, 0) is 32.4 Å². The molecule has 1 amide bonds. The third kappa shape index (κ3) is 2.83. The fraction of sp³-hybridized carbons (Fsp3) is 0.889. The quantitative estimate of drug-likeness (QED) is 0.595. The predicted octanol–water partition coefficient (Wildman–Crippen LogP) is -0.362. The lowest BCUT2D eigenvalue weighted by atomic mass is 10.0. The van der Waals surface area contributed by atoms with Gasteiger partial charge >= 0.3 is 0 Å². The van der Waals surface area contributed by atoms with Crippen molar-refractivity contribution in [3.63, 3.8) is 0 Å². The molecule has 0 spiro atoms. The van der Waals surface area contributed by atoms with Gasteiger partial charge in [-0.1, -0.05) is 0 Å². The summed E-state index contributed by atoms with van der Waals surface area (Å²) >= 11 is 0. The van der Waals surface area contributed by atoms with Gasteiger partial charge in [0.15, 0.2) is 0 Å². The number of amides is 1. The molecule has 0 aromatic heterocycles. The topological polar surface area (TPSA) is 53.2 Å². The van der Waals surface area contributed by atoms with E-state index < -0.39 is 0 Å². The number of halogens is 1. The van der Waals surface area contributed by atoms with E-state index in [9.17, 15) is 4.79 Å². The van der Waals surface area contributed by atoms with E-state index in [1.54, 1.807) is 0 Å². The predicted molar refractivity (Wildman–Crippen MR) is 57.7 cm³/mol. The van der Waals surface area contributed by atoms with Crippen molar-refractivity contribution >= 4 is 18.3 Å². The second-order valence-electron chi connectivity index (χ2n) is 3.85. The van der Waals surface area contributed by atoms with Gasteiger partial charge in [0.25, 0.3) is 0 Å². The first-order valence-electron chi connectivity index (χ1n) is 5.11. The highest BCUT2D eigenvalue weighted by molar-refractivity contribution is 5.85. The van der Waals surface area contributed by atoms with E-state index in [0.717, 1.165) is 32.5 Å². The number of nitrogens with one attached hydrogen (secondary N) is 3. The standard InChI is InChI=1S/C9H17N3O.ClH/c13-9(8-3-5-11-8)12-7-2-1-4-10-6-7;/h7-8,10-11H,1-6H2,(H,12,13);1H/t7-,8-;/m1./s1. The molecular formula is C9H18ClN3O. The van der Waals surface area contributed by atoms with Crippen LogP contribution in [0.2, 0.25) is 0 Å². The zero-order valence-corrected chi connectivity index (χ0v) is 9.03. The molecule has 2 fully saturated rings. The Bertz CT molecular complexity index is 190. The molecule has 3 N–H and O–H groups in total. The highest BCUT2D eigenvalue weighted by atomic mass is 35.5. The highest BCUT2D eigenvalue weighted by Crippen LogP contribution is 2.05. The van der Waals surface area contributed by atoms with E-state index >= 15 is 0 Å². The second kappa shape index (κ2) is 5.53. The summed E-state index contributed by atoms with van der Waals surface area (Å²) in [6.07, 6.45) is 3.28. The minimum atomic E-state index is 0. The van der Waals surface area contributed by atoms with E-state index in [0.29, 0.717) is 6.04 Å². The van der Waals surface area contributed by atoms with Crippen molar-refractivity contribution in [2.24, 2.45) is 0 Å². The molecule has 0 saturated carbocycles. The number of carbonyl (C=O) groups is 1. The highest BCUT2D eigenvalue weighted by Gasteiger charge is 2.26. The molecule has 2 aliphatic rings. The van der Waals surface area contributed by atoms with Gasteiger partial charge in [-0.3, -0.25) is 4.79 Å². The lowest BCUT2D eigenvalue weighted by Crippen LogP contribution is -2.57. The summed E-state index contributed by atoms with van der Waals surface area (Å²) in [5.74, 6) is 0.181. The van der Waals surface area contributed by atoms with Crippen molar-refractivity contribution in [3.05, 3.63) is 0 Å². The summed E-state index contributed by atoms with van der Waals surface area (Å²) in [5, 5.41) is 9.44. The summed E-state index contributed by atoms with van der Waals surface area (Å²) in [6.45, 7) is 3.01. The summed E-state index contributed by atoms with van der Waals surface area (Å²) in [7, 11) is 0. The first-order valence-corrected chi connectivity index (χ1v) is 5.11. The largest absolute Gasteiger partial charge is 0.351 e. The Hall–Kier alpha value is -0.320. The number of piperidine rings is 1. The molecular weight excluding hydrogens is 202 g/mol. The Labute approximate surface area is 90.6 Å². The van der Waals surface area contributed by atoms with Crippen LogP contribution in [0.25, 0.3) is 0 Å². The molecule has 0 aliphatic carbocycles. The van der Waals surface area contributed by atoms with Crippen LogP contribution in [-0.2, 0) is 4.79 Å². The Morgan fingerprint density at radius 2 is 2.07 bits per heavy atom. The number of hydrogen-bond donors (Lipinski definition) is 3. The van der Waals surface area contributed by atoms with Crippen molar-refractivity contribution in [2.75, 3.05) is 19.6 Å². The Morgan fingerprint density at radius 1 is 1.29 bits per heavy atom. The van der Waals surface area contributed by atoms with E-state index in [2.05, 4.69) is 16.0 Å². The van der Waals surface area contributed by atoms with Crippen molar-refractivity contribution < 1.29 is 4.79 Å². The fourth-order valence-corrected chi connectivity index (χ4v) is 1.79. The van der Waals surface area contributed by atoms with E-state index in [1.807, 2.05) is 0 Å². The smallest absolute Gasteiger partial charge is 0.237 e. The molecule has 2 saturated heterocycles. The minimum absolute atomic E-state index is 0. The van der Waals surface area contributed by atoms with Crippen molar-refractivity contribution in [1.29, 1.82) is 0 Å². The second-order valence-corrected chi connectivity index (χ2v) is 3.85. The van der Waals surface area contributed by atoms with Gasteiger partial charge in [0.1, 0.15) is 0 Å². The number of carbonyl (C=O) groups excluding carboxylic acids is 1. The zero-order chi connectivity index (χ0) is 9.10. The third-order valence-electron chi connectivity index (χ3n) is 2.78. The molecule has 0 radical (unpaired) electrons. The SMILES string of the molecule is Cl.O=C(N[C@@H]1CCCNC1)[C@H]1CCN1. The van der Waals surface area contributed by atoms with E-state index in [-0.39, 0.29) is 24.4 Å². The minimum Gasteiger partial charge on any atom is -0.351 e. The maximum absolute atomic E-state index is 11.5. The third-order valence-corrected chi connectivity index (χ3v) is 2.78. The molecule has 0 aromatic carbocycles. The van der Waals surface area contributed by atoms with Crippen LogP contribution in [0.1, 0.15) is 19.3 Å². The van der Waals surface area contributed by atoms with Crippen LogP contribution >= 0.6 is 12.4 Å². The first-order chi connectivity index (χ1) is 6.36. The van der Waals surface area contributed by atoms with Gasteiger partial charge in [0.05, 0.1) is 6.04 Å². The van der Waals surface area contributed by atoms with Gasteiger partial charge in [0, 0.05) is 12.6 Å². The molecule has 2 rings (SSSR count). The van der Waals surface area contributed by atoms with Crippen LogP contribution in [0.4, 0.5) is 0 Å². The molecule has 0 unspecified atom stereocenters. The summed E-state index contributed by atoms with van der Waals surface area (Å²) in [5.41, 5.74) is 0. The zero-order valence-electron chi connectivity index (χ0n) is 8.21. The average molecular weight is 220 g/mol. The summed E-state index contributed by atoms with van der Waals surface area (Å²) in [4.78, 5) is 11.5. The average Bonchev–Trinajstić information content (AvgIpc) is 2.02. The van der Waals surface area contributed by atoms with Crippen LogP contribution in [0.5, 0.6) is 0 Å². The van der Waals surface area contributed by atoms with Crippen LogP contribution in [0, 0.1) is 0 Å². The Morgan fingerprint density at radius 3 is 2.57 bits per heavy atom. The van der Waals surface area contributed by atoms with Gasteiger partial charge in [-0.25, -0.2) is 0 Å². The van der Waals surface area contributed by atoms with Gasteiger partial charge in [0.2, 0.25) is 5.91 Å². The molecule has 2 atom stereocenters. The Kier molecular flexibility index (Phi) is 4.65. The van der Waals surface area contributed by atoms with E-state index in [4.69, 9.17) is 0 Å². The lowest BCUT2D eigenvalue weighted by Gasteiger charge is -2.30. The molecule has 82 valence electrons. The molecule has 0 bridgehead atoms. The fourth-order valence-electron chi connectivity index (χ4n) is 1.79. The molecule has 2 aliphatic heterocycles. The summed E-state index contributed by atoms with van der Waals surface area (Å²) in [6, 6.07) is 0.436. The van der Waals surface area contributed by atoms with Crippen LogP contribution in [0.15, 0.2) is 0 Å².